The third-order valence-corrected chi connectivity index (χ3v) is 3.29. The van der Waals surface area contributed by atoms with Crippen LogP contribution in [0.15, 0.2) is 28.7 Å². The van der Waals surface area contributed by atoms with Crippen LogP contribution in [0.5, 0.6) is 0 Å². The van der Waals surface area contributed by atoms with Gasteiger partial charge >= 0.3 is 5.97 Å². The molecular weight excluding hydrogens is 326 g/mol. The summed E-state index contributed by atoms with van der Waals surface area (Å²) in [5, 5.41) is 11.3. The summed E-state index contributed by atoms with van der Waals surface area (Å²) in [5.74, 6) is -2.50. The number of nitrogens with two attached hydrogens (primary N) is 1. The number of nitriles is 1. The molecule has 1 heterocycles. The number of benzene rings is 1. The average molecular weight is 341 g/mol. The van der Waals surface area contributed by atoms with Gasteiger partial charge < -0.3 is 14.9 Å². The molecule has 0 saturated heterocycles. The van der Waals surface area contributed by atoms with Crippen molar-refractivity contribution in [2.75, 3.05) is 11.9 Å². The molecule has 0 aliphatic heterocycles. The number of hydrogen-bond donors (Lipinski definition) is 2. The number of aryl methyl sites for hydroxylation is 1. The Morgan fingerprint density at radius 3 is 2.64 bits per heavy atom. The smallest absolute Gasteiger partial charge is 0.342 e. The van der Waals surface area contributed by atoms with E-state index in [-0.39, 0.29) is 34.9 Å². The third-order valence-electron chi connectivity index (χ3n) is 3.29. The van der Waals surface area contributed by atoms with Gasteiger partial charge in [-0.1, -0.05) is 6.07 Å². The predicted molar refractivity (Wildman–Crippen MR) is 87.0 cm³/mol. The Labute approximate surface area is 143 Å². The van der Waals surface area contributed by atoms with Gasteiger partial charge in [0.15, 0.2) is 0 Å². The van der Waals surface area contributed by atoms with E-state index >= 15 is 0 Å². The normalized spacial score (nSPS) is 9.96. The Hall–Kier alpha value is -3.60. The lowest BCUT2D eigenvalue weighted by Crippen LogP contribution is -2.20. The van der Waals surface area contributed by atoms with Gasteiger partial charge in [-0.05, 0) is 32.0 Å². The molecule has 8 heteroatoms. The fourth-order valence-electron chi connectivity index (χ4n) is 2.22. The SMILES string of the molecule is CCOC(=O)c1c(C)oc(NC(=O)c2cccc(C#N)c2)c1C(N)=O. The van der Waals surface area contributed by atoms with E-state index in [2.05, 4.69) is 5.32 Å². The lowest BCUT2D eigenvalue weighted by atomic mass is 10.1. The van der Waals surface area contributed by atoms with Crippen molar-refractivity contribution in [1.82, 2.24) is 0 Å². The van der Waals surface area contributed by atoms with Crippen LogP contribution in [0.2, 0.25) is 0 Å². The second kappa shape index (κ2) is 7.31. The minimum absolute atomic E-state index is 0.0910. The van der Waals surface area contributed by atoms with Gasteiger partial charge in [0.25, 0.3) is 11.8 Å². The van der Waals surface area contributed by atoms with Crippen molar-refractivity contribution >= 4 is 23.7 Å². The van der Waals surface area contributed by atoms with Gasteiger partial charge in [0.2, 0.25) is 5.88 Å². The highest BCUT2D eigenvalue weighted by Crippen LogP contribution is 2.28. The maximum atomic E-state index is 12.3. The number of carbonyl (C=O) groups is 3. The molecular formula is C17H15N3O5. The van der Waals surface area contributed by atoms with E-state index in [9.17, 15) is 14.4 Å². The zero-order valence-corrected chi connectivity index (χ0v) is 13.6. The van der Waals surface area contributed by atoms with E-state index in [0.717, 1.165) is 0 Å². The Bertz CT molecular complexity index is 892. The molecule has 0 atom stereocenters. The summed E-state index contributed by atoms with van der Waals surface area (Å²) in [5.41, 5.74) is 5.41. The maximum absolute atomic E-state index is 12.3. The fraction of sp³-hybridized carbons (Fsp3) is 0.176. The van der Waals surface area contributed by atoms with E-state index in [4.69, 9.17) is 20.1 Å². The summed E-state index contributed by atoms with van der Waals surface area (Å²) in [6.45, 7) is 3.16. The number of carbonyl (C=O) groups excluding carboxylic acids is 3. The molecule has 0 radical (unpaired) electrons. The molecule has 0 aliphatic carbocycles. The number of nitrogens with zero attached hydrogens (tertiary/aromatic N) is 1. The molecule has 0 spiro atoms. The van der Waals surface area contributed by atoms with Crippen LogP contribution in [-0.2, 0) is 4.74 Å². The molecule has 2 aromatic rings. The second-order valence-corrected chi connectivity index (χ2v) is 4.97. The molecule has 128 valence electrons. The van der Waals surface area contributed by atoms with Crippen molar-refractivity contribution in [2.45, 2.75) is 13.8 Å². The van der Waals surface area contributed by atoms with Crippen LogP contribution in [0.4, 0.5) is 5.88 Å². The quantitative estimate of drug-likeness (QED) is 0.798. The number of ether oxygens (including phenoxy) is 1. The Balaban J connectivity index is 2.41. The zero-order chi connectivity index (χ0) is 18.6. The van der Waals surface area contributed by atoms with Gasteiger partial charge in [0.1, 0.15) is 16.9 Å². The van der Waals surface area contributed by atoms with Gasteiger partial charge in [0.05, 0.1) is 18.2 Å². The largest absolute Gasteiger partial charge is 0.462 e. The van der Waals surface area contributed by atoms with Gasteiger partial charge in [-0.15, -0.1) is 0 Å². The van der Waals surface area contributed by atoms with Crippen LogP contribution in [0, 0.1) is 18.3 Å². The molecule has 2 amide bonds. The first-order valence-corrected chi connectivity index (χ1v) is 7.30. The first-order chi connectivity index (χ1) is 11.9. The number of esters is 1. The highest BCUT2D eigenvalue weighted by molar-refractivity contribution is 6.12. The van der Waals surface area contributed by atoms with E-state index in [1.807, 2.05) is 6.07 Å². The van der Waals surface area contributed by atoms with Crippen molar-refractivity contribution in [3.05, 3.63) is 52.3 Å². The van der Waals surface area contributed by atoms with E-state index in [1.165, 1.54) is 19.1 Å². The standard InChI is InChI=1S/C17H15N3O5/c1-3-24-17(23)12-9(2)25-16(13(12)14(19)21)20-15(22)11-6-4-5-10(7-11)8-18/h4-7H,3H2,1-2H3,(H2,19,21)(H,20,22). The van der Waals surface area contributed by atoms with Crippen LogP contribution in [-0.4, -0.2) is 24.4 Å². The number of hydrogen-bond acceptors (Lipinski definition) is 6. The minimum atomic E-state index is -0.944. The van der Waals surface area contributed by atoms with Crippen molar-refractivity contribution < 1.29 is 23.5 Å². The number of amides is 2. The van der Waals surface area contributed by atoms with Crippen molar-refractivity contribution in [1.29, 1.82) is 5.26 Å². The maximum Gasteiger partial charge on any atom is 0.342 e. The van der Waals surface area contributed by atoms with Gasteiger partial charge in [-0.3, -0.25) is 14.9 Å². The summed E-state index contributed by atoms with van der Waals surface area (Å²) < 4.78 is 10.2. The number of primary amides is 1. The van der Waals surface area contributed by atoms with Gasteiger partial charge in [0, 0.05) is 5.56 Å². The van der Waals surface area contributed by atoms with Gasteiger partial charge in [-0.2, -0.15) is 5.26 Å². The highest BCUT2D eigenvalue weighted by Gasteiger charge is 2.29. The van der Waals surface area contributed by atoms with Crippen LogP contribution in [0.3, 0.4) is 0 Å². The van der Waals surface area contributed by atoms with Crippen LogP contribution in [0.1, 0.15) is 49.3 Å². The summed E-state index contributed by atoms with van der Waals surface area (Å²) in [6, 6.07) is 7.87. The van der Waals surface area contributed by atoms with Gasteiger partial charge in [-0.25, -0.2) is 4.79 Å². The summed E-state index contributed by atoms with van der Waals surface area (Å²) in [4.78, 5) is 36.1. The van der Waals surface area contributed by atoms with Crippen LogP contribution < -0.4 is 11.1 Å². The lowest BCUT2D eigenvalue weighted by molar-refractivity contribution is 0.0521. The summed E-state index contributed by atoms with van der Waals surface area (Å²) >= 11 is 0. The highest BCUT2D eigenvalue weighted by atomic mass is 16.5. The molecule has 0 bridgehead atoms. The van der Waals surface area contributed by atoms with E-state index in [0.29, 0.717) is 5.56 Å². The first kappa shape index (κ1) is 17.7. The summed E-state index contributed by atoms with van der Waals surface area (Å²) in [6.07, 6.45) is 0. The molecule has 0 fully saturated rings. The number of rotatable bonds is 5. The van der Waals surface area contributed by atoms with Crippen LogP contribution in [0.25, 0.3) is 0 Å². The van der Waals surface area contributed by atoms with E-state index in [1.54, 1.807) is 19.1 Å². The molecule has 8 nitrogen and oxygen atoms in total. The number of nitrogens with one attached hydrogen (secondary N) is 1. The number of furan rings is 1. The Kier molecular flexibility index (Phi) is 5.19. The summed E-state index contributed by atoms with van der Waals surface area (Å²) in [7, 11) is 0. The lowest BCUT2D eigenvalue weighted by Gasteiger charge is -2.05. The van der Waals surface area contributed by atoms with E-state index < -0.39 is 17.8 Å². The molecule has 1 aromatic heterocycles. The minimum Gasteiger partial charge on any atom is -0.462 e. The Morgan fingerprint density at radius 2 is 2.04 bits per heavy atom. The van der Waals surface area contributed by atoms with Crippen molar-refractivity contribution in [3.63, 3.8) is 0 Å². The average Bonchev–Trinajstić information content (AvgIpc) is 2.91. The van der Waals surface area contributed by atoms with Crippen molar-refractivity contribution in [2.24, 2.45) is 5.73 Å². The molecule has 0 unspecified atom stereocenters. The van der Waals surface area contributed by atoms with Crippen molar-refractivity contribution in [3.8, 4) is 6.07 Å². The Morgan fingerprint density at radius 1 is 1.32 bits per heavy atom. The number of anilines is 1. The molecule has 2 rings (SSSR count). The molecule has 3 N–H and O–H groups in total. The molecule has 25 heavy (non-hydrogen) atoms. The topological polar surface area (TPSA) is 135 Å². The monoisotopic (exact) mass is 341 g/mol. The molecule has 0 aliphatic rings. The first-order valence-electron chi connectivity index (χ1n) is 7.30. The zero-order valence-electron chi connectivity index (χ0n) is 13.6. The molecule has 0 saturated carbocycles. The van der Waals surface area contributed by atoms with Crippen LogP contribution >= 0.6 is 0 Å². The predicted octanol–water partition coefficient (Wildman–Crippen LogP) is 1.99. The second-order valence-electron chi connectivity index (χ2n) is 4.97. The third kappa shape index (κ3) is 3.67. The molecule has 1 aromatic carbocycles. The fourth-order valence-corrected chi connectivity index (χ4v) is 2.22.